The zero-order valence-electron chi connectivity index (χ0n) is 15.0. The van der Waals surface area contributed by atoms with E-state index >= 15 is 0 Å². The quantitative estimate of drug-likeness (QED) is 0.885. The van der Waals surface area contributed by atoms with E-state index in [4.69, 9.17) is 9.47 Å². The first-order valence-electron chi connectivity index (χ1n) is 8.75. The van der Waals surface area contributed by atoms with Gasteiger partial charge in [-0.2, -0.15) is 0 Å². The van der Waals surface area contributed by atoms with Crippen LogP contribution in [0.3, 0.4) is 0 Å². The third-order valence-electron chi connectivity index (χ3n) is 4.66. The van der Waals surface area contributed by atoms with Gasteiger partial charge in [0.2, 0.25) is 0 Å². The number of hydrogen-bond acceptors (Lipinski definition) is 6. The van der Waals surface area contributed by atoms with Crippen LogP contribution >= 0.6 is 0 Å². The molecule has 0 aliphatic carbocycles. The molecule has 1 N–H and O–H groups in total. The summed E-state index contributed by atoms with van der Waals surface area (Å²) < 4.78 is 10.8. The highest BCUT2D eigenvalue weighted by molar-refractivity contribution is 6.04. The number of nitrogens with zero attached hydrogens (tertiary/aromatic N) is 3. The zero-order chi connectivity index (χ0) is 18.8. The number of likely N-dealkylation sites (N-methyl/N-ethyl adjacent to an activating group) is 1. The minimum atomic E-state index is -0.301. The van der Waals surface area contributed by atoms with Crippen molar-refractivity contribution in [2.24, 2.45) is 0 Å². The number of ether oxygens (including phenoxy) is 2. The van der Waals surface area contributed by atoms with Crippen LogP contribution in [0.1, 0.15) is 10.5 Å². The second kappa shape index (κ2) is 7.24. The third-order valence-corrected chi connectivity index (χ3v) is 4.66. The van der Waals surface area contributed by atoms with Crippen molar-refractivity contribution in [1.82, 2.24) is 4.98 Å². The summed E-state index contributed by atoms with van der Waals surface area (Å²) in [5.41, 5.74) is 2.55. The van der Waals surface area contributed by atoms with E-state index in [0.717, 1.165) is 18.8 Å². The molecule has 0 spiro atoms. The normalized spacial score (nSPS) is 16.6. The standard InChI is InChI=1S/C19H20N4O4/c1-22-16-3-2-13(10-17(16)27-12-18(22)24)21-19(25)15-11-14(4-5-20-15)23-6-8-26-9-7-23/h2-5,10-11H,6-9,12H2,1H3,(H,21,25). The van der Waals surface area contributed by atoms with Gasteiger partial charge in [-0.15, -0.1) is 0 Å². The Morgan fingerprint density at radius 3 is 2.81 bits per heavy atom. The van der Waals surface area contributed by atoms with Crippen molar-refractivity contribution >= 4 is 28.9 Å². The lowest BCUT2D eigenvalue weighted by Gasteiger charge is -2.28. The molecule has 1 saturated heterocycles. The summed E-state index contributed by atoms with van der Waals surface area (Å²) in [6.45, 7) is 2.93. The second-order valence-electron chi connectivity index (χ2n) is 6.38. The number of pyridine rings is 1. The minimum Gasteiger partial charge on any atom is -0.481 e. The lowest BCUT2D eigenvalue weighted by atomic mass is 10.2. The van der Waals surface area contributed by atoms with Gasteiger partial charge in [-0.1, -0.05) is 0 Å². The molecule has 2 aliphatic rings. The largest absolute Gasteiger partial charge is 0.481 e. The van der Waals surface area contributed by atoms with Crippen LogP contribution in [0.5, 0.6) is 5.75 Å². The van der Waals surface area contributed by atoms with Crippen molar-refractivity contribution in [3.8, 4) is 5.75 Å². The van der Waals surface area contributed by atoms with Gasteiger partial charge in [-0.25, -0.2) is 0 Å². The number of carbonyl (C=O) groups is 2. The third kappa shape index (κ3) is 3.56. The number of fused-ring (bicyclic) bond motifs is 1. The Balaban J connectivity index is 1.50. The molecule has 1 aromatic heterocycles. The lowest BCUT2D eigenvalue weighted by molar-refractivity contribution is -0.120. The highest BCUT2D eigenvalue weighted by atomic mass is 16.5. The maximum atomic E-state index is 12.6. The van der Waals surface area contributed by atoms with Gasteiger partial charge in [0.1, 0.15) is 11.4 Å². The zero-order valence-corrected chi connectivity index (χ0v) is 15.0. The van der Waals surface area contributed by atoms with Crippen molar-refractivity contribution in [3.63, 3.8) is 0 Å². The fourth-order valence-corrected chi connectivity index (χ4v) is 3.11. The Bertz CT molecular complexity index is 880. The van der Waals surface area contributed by atoms with E-state index in [9.17, 15) is 9.59 Å². The summed E-state index contributed by atoms with van der Waals surface area (Å²) in [7, 11) is 1.70. The molecule has 0 saturated carbocycles. The van der Waals surface area contributed by atoms with Gasteiger partial charge < -0.3 is 24.6 Å². The van der Waals surface area contributed by atoms with Gasteiger partial charge >= 0.3 is 0 Å². The van der Waals surface area contributed by atoms with Gasteiger partial charge in [0.25, 0.3) is 11.8 Å². The number of morpholine rings is 1. The average molecular weight is 368 g/mol. The van der Waals surface area contributed by atoms with Crippen LogP contribution < -0.4 is 19.9 Å². The Hall–Kier alpha value is -3.13. The molecule has 27 heavy (non-hydrogen) atoms. The molecule has 8 heteroatoms. The van der Waals surface area contributed by atoms with Crippen molar-refractivity contribution in [3.05, 3.63) is 42.2 Å². The molecular formula is C19H20N4O4. The fraction of sp³-hybridized carbons (Fsp3) is 0.316. The molecule has 0 unspecified atom stereocenters. The molecule has 0 radical (unpaired) electrons. The van der Waals surface area contributed by atoms with Crippen molar-refractivity contribution in [2.45, 2.75) is 0 Å². The van der Waals surface area contributed by atoms with Gasteiger partial charge in [-0.3, -0.25) is 14.6 Å². The topological polar surface area (TPSA) is 84.0 Å². The van der Waals surface area contributed by atoms with Crippen LogP contribution in [0, 0.1) is 0 Å². The minimum absolute atomic E-state index is 0.00987. The monoisotopic (exact) mass is 368 g/mol. The molecule has 0 atom stereocenters. The first kappa shape index (κ1) is 17.3. The molecule has 1 aromatic carbocycles. The molecular weight excluding hydrogens is 348 g/mol. The molecule has 2 amide bonds. The Labute approximate surface area is 156 Å². The van der Waals surface area contributed by atoms with Gasteiger partial charge in [0, 0.05) is 43.8 Å². The number of benzene rings is 1. The van der Waals surface area contributed by atoms with E-state index < -0.39 is 0 Å². The van der Waals surface area contributed by atoms with Crippen LogP contribution in [-0.2, 0) is 9.53 Å². The number of nitrogens with one attached hydrogen (secondary N) is 1. The molecule has 2 aliphatic heterocycles. The molecule has 0 bridgehead atoms. The lowest BCUT2D eigenvalue weighted by Crippen LogP contribution is -2.36. The van der Waals surface area contributed by atoms with Gasteiger partial charge in [0.05, 0.1) is 18.9 Å². The Morgan fingerprint density at radius 2 is 2.00 bits per heavy atom. The second-order valence-corrected chi connectivity index (χ2v) is 6.38. The van der Waals surface area contributed by atoms with Crippen LogP contribution in [0.25, 0.3) is 0 Å². The predicted molar refractivity (Wildman–Crippen MR) is 101 cm³/mol. The molecule has 3 heterocycles. The van der Waals surface area contributed by atoms with Crippen LogP contribution in [-0.4, -0.2) is 56.8 Å². The number of carbonyl (C=O) groups excluding carboxylic acids is 2. The predicted octanol–water partition coefficient (Wildman–Crippen LogP) is 1.53. The summed E-state index contributed by atoms with van der Waals surface area (Å²) in [5.74, 6) is 0.152. The summed E-state index contributed by atoms with van der Waals surface area (Å²) in [6, 6.07) is 8.87. The van der Waals surface area contributed by atoms with Crippen LogP contribution in [0.15, 0.2) is 36.5 Å². The first-order chi connectivity index (χ1) is 13.1. The van der Waals surface area contributed by atoms with E-state index in [1.54, 1.807) is 37.5 Å². The van der Waals surface area contributed by atoms with Crippen LogP contribution in [0.4, 0.5) is 17.1 Å². The van der Waals surface area contributed by atoms with Crippen molar-refractivity contribution in [2.75, 3.05) is 55.1 Å². The fourth-order valence-electron chi connectivity index (χ4n) is 3.11. The van der Waals surface area contributed by atoms with E-state index in [1.165, 1.54) is 4.90 Å². The van der Waals surface area contributed by atoms with E-state index in [0.29, 0.717) is 36.0 Å². The number of aromatic nitrogens is 1. The average Bonchev–Trinajstić information content (AvgIpc) is 2.71. The van der Waals surface area contributed by atoms with E-state index in [2.05, 4.69) is 15.2 Å². The van der Waals surface area contributed by atoms with E-state index in [-0.39, 0.29) is 18.4 Å². The highest BCUT2D eigenvalue weighted by Crippen LogP contribution is 2.33. The molecule has 8 nitrogen and oxygen atoms in total. The number of hydrogen-bond donors (Lipinski definition) is 1. The maximum absolute atomic E-state index is 12.6. The van der Waals surface area contributed by atoms with E-state index in [1.807, 2.05) is 6.07 Å². The molecule has 2 aromatic rings. The summed E-state index contributed by atoms with van der Waals surface area (Å²) >= 11 is 0. The number of anilines is 3. The molecule has 140 valence electrons. The summed E-state index contributed by atoms with van der Waals surface area (Å²) in [5, 5.41) is 2.84. The van der Waals surface area contributed by atoms with Crippen LogP contribution in [0.2, 0.25) is 0 Å². The maximum Gasteiger partial charge on any atom is 0.274 e. The first-order valence-corrected chi connectivity index (χ1v) is 8.75. The SMILES string of the molecule is CN1C(=O)COc2cc(NC(=O)c3cc(N4CCOCC4)ccn3)ccc21. The van der Waals surface area contributed by atoms with Gasteiger partial charge in [-0.05, 0) is 24.3 Å². The number of rotatable bonds is 3. The number of amides is 2. The van der Waals surface area contributed by atoms with Crippen molar-refractivity contribution in [1.29, 1.82) is 0 Å². The molecule has 4 rings (SSSR count). The summed E-state index contributed by atoms with van der Waals surface area (Å²) in [4.78, 5) is 32.2. The van der Waals surface area contributed by atoms with Crippen molar-refractivity contribution < 1.29 is 19.1 Å². The Kier molecular flexibility index (Phi) is 4.64. The highest BCUT2D eigenvalue weighted by Gasteiger charge is 2.22. The smallest absolute Gasteiger partial charge is 0.274 e. The summed E-state index contributed by atoms with van der Waals surface area (Å²) in [6.07, 6.45) is 1.64. The Morgan fingerprint density at radius 1 is 1.19 bits per heavy atom. The molecule has 1 fully saturated rings. The van der Waals surface area contributed by atoms with Gasteiger partial charge in [0.15, 0.2) is 6.61 Å².